The van der Waals surface area contributed by atoms with Gasteiger partial charge in [0.15, 0.2) is 0 Å². The monoisotopic (exact) mass is 154 g/mol. The van der Waals surface area contributed by atoms with Crippen LogP contribution in [-0.2, 0) is 0 Å². The second-order valence-electron chi connectivity index (χ2n) is 3.94. The molecule has 0 bridgehead atoms. The molecule has 2 nitrogen and oxygen atoms in total. The zero-order valence-electron chi connectivity index (χ0n) is 7.34. The van der Waals surface area contributed by atoms with Gasteiger partial charge in [-0.2, -0.15) is 0 Å². The summed E-state index contributed by atoms with van der Waals surface area (Å²) in [7, 11) is 2.24. The van der Waals surface area contributed by atoms with E-state index in [0.717, 1.165) is 12.1 Å². The van der Waals surface area contributed by atoms with Gasteiger partial charge in [-0.05, 0) is 32.7 Å². The van der Waals surface area contributed by atoms with Crippen molar-refractivity contribution in [2.75, 3.05) is 20.1 Å². The fraction of sp³-hybridized carbons (Fsp3) is 1.00. The van der Waals surface area contributed by atoms with E-state index in [1.165, 1.54) is 38.8 Å². The summed E-state index contributed by atoms with van der Waals surface area (Å²) in [5, 5.41) is 3.53. The number of rotatable bonds is 5. The molecule has 2 aliphatic rings. The van der Waals surface area contributed by atoms with Gasteiger partial charge in [0.25, 0.3) is 0 Å². The first-order valence-electron chi connectivity index (χ1n) is 4.80. The predicted molar refractivity (Wildman–Crippen MR) is 46.7 cm³/mol. The largest absolute Gasteiger partial charge is 0.313 e. The second-order valence-corrected chi connectivity index (χ2v) is 3.94. The Balaban J connectivity index is 1.50. The molecule has 0 radical (unpaired) electrons. The summed E-state index contributed by atoms with van der Waals surface area (Å²) in [6.45, 7) is 2.43. The Morgan fingerprint density at radius 3 is 2.55 bits per heavy atom. The van der Waals surface area contributed by atoms with Crippen LogP contribution in [0.25, 0.3) is 0 Å². The molecule has 64 valence electrons. The highest BCUT2D eigenvalue weighted by Crippen LogP contribution is 2.24. The van der Waals surface area contributed by atoms with E-state index < -0.39 is 0 Å². The van der Waals surface area contributed by atoms with E-state index in [1.807, 2.05) is 0 Å². The Labute approximate surface area is 69.0 Å². The topological polar surface area (TPSA) is 15.3 Å². The first-order valence-corrected chi connectivity index (χ1v) is 4.80. The maximum atomic E-state index is 3.53. The molecule has 0 heterocycles. The lowest BCUT2D eigenvalue weighted by atomic mass is 10.5. The fourth-order valence-electron chi connectivity index (χ4n) is 1.43. The van der Waals surface area contributed by atoms with Crippen molar-refractivity contribution in [2.24, 2.45) is 0 Å². The summed E-state index contributed by atoms with van der Waals surface area (Å²) < 4.78 is 0. The molecule has 0 aliphatic heterocycles. The van der Waals surface area contributed by atoms with E-state index in [0.29, 0.717) is 0 Å². The standard InChI is InChI=1S/C9H18N2/c1-11(9-4-5-9)7-6-10-8-2-3-8/h8-10H,2-7H2,1H3. The van der Waals surface area contributed by atoms with E-state index in [9.17, 15) is 0 Å². The average Bonchev–Trinajstić information content (AvgIpc) is 2.85. The van der Waals surface area contributed by atoms with Crippen LogP contribution in [0.3, 0.4) is 0 Å². The molecular weight excluding hydrogens is 136 g/mol. The molecule has 0 saturated heterocycles. The molecule has 0 amide bonds. The third kappa shape index (κ3) is 2.46. The van der Waals surface area contributed by atoms with Gasteiger partial charge in [-0.1, -0.05) is 0 Å². The Kier molecular flexibility index (Phi) is 2.14. The molecular formula is C9H18N2. The molecule has 0 unspecified atom stereocenters. The number of nitrogens with zero attached hydrogens (tertiary/aromatic N) is 1. The first-order chi connectivity index (χ1) is 5.36. The Bertz CT molecular complexity index is 128. The van der Waals surface area contributed by atoms with Crippen LogP contribution >= 0.6 is 0 Å². The van der Waals surface area contributed by atoms with Crippen molar-refractivity contribution in [2.45, 2.75) is 37.8 Å². The van der Waals surface area contributed by atoms with Gasteiger partial charge >= 0.3 is 0 Å². The summed E-state index contributed by atoms with van der Waals surface area (Å²) >= 11 is 0. The number of nitrogens with one attached hydrogen (secondary N) is 1. The SMILES string of the molecule is CN(CCNC1CC1)C1CC1. The van der Waals surface area contributed by atoms with Crippen molar-refractivity contribution in [3.05, 3.63) is 0 Å². The van der Waals surface area contributed by atoms with Gasteiger partial charge in [-0.25, -0.2) is 0 Å². The van der Waals surface area contributed by atoms with Crippen LogP contribution in [0.1, 0.15) is 25.7 Å². The van der Waals surface area contributed by atoms with Gasteiger partial charge < -0.3 is 10.2 Å². The van der Waals surface area contributed by atoms with E-state index >= 15 is 0 Å². The van der Waals surface area contributed by atoms with Crippen molar-refractivity contribution < 1.29 is 0 Å². The molecule has 0 atom stereocenters. The van der Waals surface area contributed by atoms with Crippen LogP contribution in [0.5, 0.6) is 0 Å². The van der Waals surface area contributed by atoms with E-state index in [4.69, 9.17) is 0 Å². The summed E-state index contributed by atoms with van der Waals surface area (Å²) in [6, 6.07) is 1.80. The van der Waals surface area contributed by atoms with Crippen molar-refractivity contribution in [3.8, 4) is 0 Å². The van der Waals surface area contributed by atoms with Crippen LogP contribution in [-0.4, -0.2) is 37.1 Å². The molecule has 2 saturated carbocycles. The normalized spacial score (nSPS) is 24.5. The van der Waals surface area contributed by atoms with Crippen molar-refractivity contribution in [3.63, 3.8) is 0 Å². The summed E-state index contributed by atoms with van der Waals surface area (Å²) in [6.07, 6.45) is 5.68. The zero-order valence-corrected chi connectivity index (χ0v) is 7.34. The third-order valence-corrected chi connectivity index (χ3v) is 2.65. The molecule has 2 rings (SSSR count). The first kappa shape index (κ1) is 7.56. The number of hydrogen-bond donors (Lipinski definition) is 1. The highest BCUT2D eigenvalue weighted by Gasteiger charge is 2.26. The van der Waals surface area contributed by atoms with Gasteiger partial charge in [0.1, 0.15) is 0 Å². The van der Waals surface area contributed by atoms with E-state index in [-0.39, 0.29) is 0 Å². The quantitative estimate of drug-likeness (QED) is 0.631. The maximum Gasteiger partial charge on any atom is 0.0107 e. The highest BCUT2D eigenvalue weighted by molar-refractivity contribution is 4.84. The Morgan fingerprint density at radius 1 is 1.27 bits per heavy atom. The van der Waals surface area contributed by atoms with E-state index in [1.54, 1.807) is 0 Å². The Hall–Kier alpha value is -0.0800. The van der Waals surface area contributed by atoms with Gasteiger partial charge in [-0.3, -0.25) is 0 Å². The molecule has 0 aromatic rings. The van der Waals surface area contributed by atoms with Crippen LogP contribution in [0, 0.1) is 0 Å². The summed E-state index contributed by atoms with van der Waals surface area (Å²) in [5.41, 5.74) is 0. The van der Waals surface area contributed by atoms with Crippen molar-refractivity contribution in [1.29, 1.82) is 0 Å². The Morgan fingerprint density at radius 2 is 2.00 bits per heavy atom. The molecule has 11 heavy (non-hydrogen) atoms. The lowest BCUT2D eigenvalue weighted by molar-refractivity contribution is 0.321. The number of hydrogen-bond acceptors (Lipinski definition) is 2. The smallest absolute Gasteiger partial charge is 0.0107 e. The molecule has 2 fully saturated rings. The van der Waals surface area contributed by atoms with Gasteiger partial charge in [0.2, 0.25) is 0 Å². The molecule has 2 aliphatic carbocycles. The zero-order chi connectivity index (χ0) is 7.68. The van der Waals surface area contributed by atoms with Crippen molar-refractivity contribution in [1.82, 2.24) is 10.2 Å². The maximum absolute atomic E-state index is 3.53. The predicted octanol–water partition coefficient (Wildman–Crippen LogP) is 0.833. The minimum atomic E-state index is 0.877. The summed E-state index contributed by atoms with van der Waals surface area (Å²) in [5.74, 6) is 0. The van der Waals surface area contributed by atoms with Crippen LogP contribution in [0.4, 0.5) is 0 Å². The lowest BCUT2D eigenvalue weighted by Gasteiger charge is -2.15. The van der Waals surface area contributed by atoms with Crippen LogP contribution < -0.4 is 5.32 Å². The van der Waals surface area contributed by atoms with Crippen LogP contribution in [0.2, 0.25) is 0 Å². The van der Waals surface area contributed by atoms with Gasteiger partial charge in [-0.15, -0.1) is 0 Å². The minimum absolute atomic E-state index is 0.877. The van der Waals surface area contributed by atoms with E-state index in [2.05, 4.69) is 17.3 Å². The highest BCUT2D eigenvalue weighted by atomic mass is 15.2. The minimum Gasteiger partial charge on any atom is -0.313 e. The molecule has 1 N–H and O–H groups in total. The molecule has 0 aromatic heterocycles. The lowest BCUT2D eigenvalue weighted by Crippen LogP contribution is -2.31. The second kappa shape index (κ2) is 3.11. The van der Waals surface area contributed by atoms with Crippen molar-refractivity contribution >= 4 is 0 Å². The average molecular weight is 154 g/mol. The summed E-state index contributed by atoms with van der Waals surface area (Å²) in [4.78, 5) is 2.48. The van der Waals surface area contributed by atoms with Gasteiger partial charge in [0.05, 0.1) is 0 Å². The fourth-order valence-corrected chi connectivity index (χ4v) is 1.43. The number of likely N-dealkylation sites (N-methyl/N-ethyl adjacent to an activating group) is 1. The molecule has 0 spiro atoms. The third-order valence-electron chi connectivity index (χ3n) is 2.65. The van der Waals surface area contributed by atoms with Gasteiger partial charge in [0, 0.05) is 25.2 Å². The molecule has 0 aromatic carbocycles. The molecule has 2 heteroatoms. The van der Waals surface area contributed by atoms with Crippen LogP contribution in [0.15, 0.2) is 0 Å².